The van der Waals surface area contributed by atoms with Crippen LogP contribution in [0.15, 0.2) is 35.3 Å². The number of hydrogen-bond donors (Lipinski definition) is 1. The summed E-state index contributed by atoms with van der Waals surface area (Å²) in [5, 5.41) is 3.62. The summed E-state index contributed by atoms with van der Waals surface area (Å²) in [4.78, 5) is 19.0. The zero-order chi connectivity index (χ0) is 18.9. The maximum Gasteiger partial charge on any atom is 0.240 e. The summed E-state index contributed by atoms with van der Waals surface area (Å²) in [6.45, 7) is 1.43. The average Bonchev–Trinajstić information content (AvgIpc) is 3.33. The van der Waals surface area contributed by atoms with Gasteiger partial charge in [-0.3, -0.25) is 9.79 Å². The van der Waals surface area contributed by atoms with Crippen LogP contribution in [0.4, 0.5) is 5.69 Å². The second-order valence-corrected chi connectivity index (χ2v) is 10.4. The molecule has 3 atom stereocenters. The fraction of sp³-hybridized carbons (Fsp3) is 0.556. The molecule has 0 radical (unpaired) electrons. The predicted molar refractivity (Wildman–Crippen MR) is 107 cm³/mol. The summed E-state index contributed by atoms with van der Waals surface area (Å²) in [5.74, 6) is 0.160. The van der Waals surface area contributed by atoms with E-state index in [0.29, 0.717) is 6.54 Å². The van der Waals surface area contributed by atoms with Gasteiger partial charge in [-0.05, 0) is 25.0 Å². The van der Waals surface area contributed by atoms with Gasteiger partial charge in [0, 0.05) is 24.1 Å². The molecule has 9 heteroatoms. The molecule has 3 aliphatic rings. The lowest BCUT2D eigenvalue weighted by atomic mass is 10.2. The molecule has 0 spiro atoms. The first-order valence-electron chi connectivity index (χ1n) is 9.16. The van der Waals surface area contributed by atoms with Gasteiger partial charge in [0.1, 0.15) is 6.54 Å². The molecule has 7 nitrogen and oxygen atoms in total. The number of aliphatic imine (C=N–C) groups is 1. The summed E-state index contributed by atoms with van der Waals surface area (Å²) >= 11 is 1.46. The van der Waals surface area contributed by atoms with Crippen molar-refractivity contribution in [3.63, 3.8) is 0 Å². The van der Waals surface area contributed by atoms with Gasteiger partial charge in [0.15, 0.2) is 15.0 Å². The van der Waals surface area contributed by atoms with E-state index in [4.69, 9.17) is 4.74 Å². The summed E-state index contributed by atoms with van der Waals surface area (Å²) in [6, 6.07) is 9.40. The highest BCUT2D eigenvalue weighted by molar-refractivity contribution is 8.15. The minimum absolute atomic E-state index is 0.0498. The van der Waals surface area contributed by atoms with Crippen LogP contribution in [0.25, 0.3) is 0 Å². The normalized spacial score (nSPS) is 28.6. The molecule has 1 aromatic carbocycles. The minimum atomic E-state index is -3.00. The summed E-state index contributed by atoms with van der Waals surface area (Å²) < 4.78 is 29.2. The molecular formula is C18H23N3O4S2. The number of benzene rings is 1. The van der Waals surface area contributed by atoms with Crippen molar-refractivity contribution in [2.24, 2.45) is 4.99 Å². The standard InChI is InChI=1S/C18H23N3O4S2/c22-17(19-9-14-7-4-8-25-14)10-21(13-5-2-1-3-6-13)18-20-15-11-27(23,24)12-16(15)26-18/h1-3,5-6,14-16H,4,7-12H2,(H,19,22)/t14-,15-,16+/m1/s1. The number of carbonyl (C=O) groups excluding carboxylic acids is 1. The lowest BCUT2D eigenvalue weighted by Gasteiger charge is -2.24. The molecule has 2 saturated heterocycles. The minimum Gasteiger partial charge on any atom is -0.376 e. The van der Waals surface area contributed by atoms with Crippen LogP contribution in [0.5, 0.6) is 0 Å². The third-order valence-corrected chi connectivity index (χ3v) is 8.20. The van der Waals surface area contributed by atoms with Crippen molar-refractivity contribution in [1.82, 2.24) is 5.32 Å². The quantitative estimate of drug-likeness (QED) is 0.782. The predicted octanol–water partition coefficient (Wildman–Crippen LogP) is 1.06. The van der Waals surface area contributed by atoms with Crippen LogP contribution in [0.3, 0.4) is 0 Å². The Morgan fingerprint density at radius 1 is 1.30 bits per heavy atom. The molecule has 0 aromatic heterocycles. The van der Waals surface area contributed by atoms with Crippen LogP contribution in [0, 0.1) is 0 Å². The number of amides is 1. The highest BCUT2D eigenvalue weighted by Crippen LogP contribution is 2.36. The van der Waals surface area contributed by atoms with Gasteiger partial charge in [-0.15, -0.1) is 0 Å². The van der Waals surface area contributed by atoms with E-state index >= 15 is 0 Å². The van der Waals surface area contributed by atoms with Crippen molar-refractivity contribution < 1.29 is 17.9 Å². The number of para-hydroxylation sites is 1. The molecule has 4 rings (SSSR count). The zero-order valence-corrected chi connectivity index (χ0v) is 16.5. The van der Waals surface area contributed by atoms with E-state index in [9.17, 15) is 13.2 Å². The molecule has 0 aliphatic carbocycles. The van der Waals surface area contributed by atoms with Gasteiger partial charge in [-0.25, -0.2) is 8.42 Å². The van der Waals surface area contributed by atoms with E-state index in [1.165, 1.54) is 11.8 Å². The molecule has 27 heavy (non-hydrogen) atoms. The molecular weight excluding hydrogens is 386 g/mol. The summed E-state index contributed by atoms with van der Waals surface area (Å²) in [7, 11) is -3.00. The van der Waals surface area contributed by atoms with Crippen molar-refractivity contribution in [2.45, 2.75) is 30.2 Å². The number of fused-ring (bicyclic) bond motifs is 1. The Morgan fingerprint density at radius 2 is 2.11 bits per heavy atom. The number of hydrogen-bond acceptors (Lipinski definition) is 7. The van der Waals surface area contributed by atoms with Crippen LogP contribution in [-0.4, -0.2) is 68.1 Å². The second kappa shape index (κ2) is 7.81. The first-order valence-corrected chi connectivity index (χ1v) is 11.9. The molecule has 3 aliphatic heterocycles. The molecule has 0 bridgehead atoms. The summed E-state index contributed by atoms with van der Waals surface area (Å²) in [5.41, 5.74) is 0.874. The maximum atomic E-state index is 12.5. The number of rotatable bonds is 5. The van der Waals surface area contributed by atoms with Gasteiger partial charge in [0.05, 0.1) is 23.7 Å². The third-order valence-electron chi connectivity index (χ3n) is 4.96. The topological polar surface area (TPSA) is 88.1 Å². The van der Waals surface area contributed by atoms with Gasteiger partial charge in [0.2, 0.25) is 5.91 Å². The molecule has 0 unspecified atom stereocenters. The van der Waals surface area contributed by atoms with Crippen LogP contribution in [0.2, 0.25) is 0 Å². The molecule has 0 saturated carbocycles. The molecule has 3 heterocycles. The van der Waals surface area contributed by atoms with Crippen molar-refractivity contribution in [3.05, 3.63) is 30.3 Å². The highest BCUT2D eigenvalue weighted by atomic mass is 32.2. The van der Waals surface area contributed by atoms with Crippen molar-refractivity contribution in [1.29, 1.82) is 0 Å². The van der Waals surface area contributed by atoms with Crippen LogP contribution in [-0.2, 0) is 19.4 Å². The van der Waals surface area contributed by atoms with Crippen molar-refractivity contribution in [3.8, 4) is 0 Å². The van der Waals surface area contributed by atoms with E-state index in [0.717, 1.165) is 30.3 Å². The Bertz CT molecular complexity index is 822. The van der Waals surface area contributed by atoms with Crippen LogP contribution >= 0.6 is 11.8 Å². The van der Waals surface area contributed by atoms with E-state index in [1.54, 1.807) is 0 Å². The zero-order valence-electron chi connectivity index (χ0n) is 14.9. The summed E-state index contributed by atoms with van der Waals surface area (Å²) in [6.07, 6.45) is 2.11. The SMILES string of the molecule is O=C(CN(C1=N[C@@H]2CS(=O)(=O)C[C@@H]2S1)c1ccccc1)NC[C@H]1CCCO1. The van der Waals surface area contributed by atoms with Crippen LogP contribution in [0.1, 0.15) is 12.8 Å². The second-order valence-electron chi connectivity index (χ2n) is 7.07. The average molecular weight is 410 g/mol. The Kier molecular flexibility index (Phi) is 5.43. The molecule has 1 aromatic rings. The smallest absolute Gasteiger partial charge is 0.240 e. The van der Waals surface area contributed by atoms with E-state index in [2.05, 4.69) is 10.3 Å². The van der Waals surface area contributed by atoms with E-state index in [1.807, 2.05) is 35.2 Å². The largest absolute Gasteiger partial charge is 0.376 e. The van der Waals surface area contributed by atoms with Gasteiger partial charge in [-0.1, -0.05) is 30.0 Å². The Balaban J connectivity index is 1.46. The van der Waals surface area contributed by atoms with Crippen molar-refractivity contribution in [2.75, 3.05) is 36.1 Å². The molecule has 2 fully saturated rings. The molecule has 1 N–H and O–H groups in total. The van der Waals surface area contributed by atoms with Gasteiger partial charge in [-0.2, -0.15) is 0 Å². The fourth-order valence-corrected chi connectivity index (χ4v) is 7.36. The van der Waals surface area contributed by atoms with Gasteiger partial charge >= 0.3 is 0 Å². The monoisotopic (exact) mass is 409 g/mol. The van der Waals surface area contributed by atoms with Gasteiger partial charge < -0.3 is 15.0 Å². The van der Waals surface area contributed by atoms with E-state index in [-0.39, 0.29) is 41.4 Å². The molecule has 1 amide bonds. The lowest BCUT2D eigenvalue weighted by Crippen LogP contribution is -2.42. The number of sulfone groups is 1. The fourth-order valence-electron chi connectivity index (χ4n) is 3.58. The Hall–Kier alpha value is -1.58. The van der Waals surface area contributed by atoms with E-state index < -0.39 is 9.84 Å². The highest BCUT2D eigenvalue weighted by Gasteiger charge is 2.44. The number of carbonyl (C=O) groups is 1. The number of ether oxygens (including phenoxy) is 1. The first kappa shape index (κ1) is 18.8. The number of anilines is 1. The molecule has 146 valence electrons. The Morgan fingerprint density at radius 3 is 2.81 bits per heavy atom. The number of amidine groups is 1. The third kappa shape index (κ3) is 4.47. The first-order chi connectivity index (χ1) is 13.0. The van der Waals surface area contributed by atoms with Crippen molar-refractivity contribution >= 4 is 38.4 Å². The Labute approximate surface area is 163 Å². The van der Waals surface area contributed by atoms with Crippen LogP contribution < -0.4 is 10.2 Å². The van der Waals surface area contributed by atoms with Gasteiger partial charge in [0.25, 0.3) is 0 Å². The number of thioether (sulfide) groups is 1. The number of nitrogens with zero attached hydrogens (tertiary/aromatic N) is 2. The number of nitrogens with one attached hydrogen (secondary N) is 1. The lowest BCUT2D eigenvalue weighted by molar-refractivity contribution is -0.120. The maximum absolute atomic E-state index is 12.5.